The van der Waals surface area contributed by atoms with Crippen molar-refractivity contribution >= 4 is 17.8 Å². The molecule has 2 unspecified atom stereocenters. The van der Waals surface area contributed by atoms with Crippen LogP contribution in [0, 0.1) is 5.82 Å². The number of nitrogens with two attached hydrogens (primary N) is 1. The maximum Gasteiger partial charge on any atom is 0.332 e. The number of hydroxylamine groups is 1. The molecule has 0 bridgehead atoms. The Morgan fingerprint density at radius 1 is 1.31 bits per heavy atom. The van der Waals surface area contributed by atoms with E-state index in [-0.39, 0.29) is 25.0 Å². The number of fused-ring (bicyclic) bond motifs is 1. The van der Waals surface area contributed by atoms with Crippen molar-refractivity contribution < 1.29 is 29.0 Å². The molecule has 0 fully saturated rings. The maximum absolute atomic E-state index is 14.3. The number of aliphatic imine (C=N–C) groups is 2. The zero-order valence-electron chi connectivity index (χ0n) is 19.7. The zero-order valence-corrected chi connectivity index (χ0v) is 19.7. The van der Waals surface area contributed by atoms with Gasteiger partial charge in [-0.15, -0.1) is 0 Å². The summed E-state index contributed by atoms with van der Waals surface area (Å²) < 4.78 is 19.5. The first-order chi connectivity index (χ1) is 17.3. The lowest BCUT2D eigenvalue weighted by Gasteiger charge is -2.33. The van der Waals surface area contributed by atoms with E-state index in [1.54, 1.807) is 24.3 Å². The van der Waals surface area contributed by atoms with Gasteiger partial charge in [-0.05, 0) is 30.7 Å². The molecule has 3 atom stereocenters. The van der Waals surface area contributed by atoms with Gasteiger partial charge in [0.2, 0.25) is 5.88 Å². The molecule has 0 saturated carbocycles. The van der Waals surface area contributed by atoms with Crippen molar-refractivity contribution in [2.75, 3.05) is 13.7 Å². The number of hydrogen-bond acceptors (Lipinski definition) is 10. The predicted octanol–water partition coefficient (Wildman–Crippen LogP) is 1.66. The van der Waals surface area contributed by atoms with E-state index in [0.717, 1.165) is 16.8 Å². The Labute approximate surface area is 206 Å². The van der Waals surface area contributed by atoms with Gasteiger partial charge in [-0.25, -0.2) is 24.6 Å². The number of carboxylic acid groups (broad SMARTS) is 1. The van der Waals surface area contributed by atoms with Crippen molar-refractivity contribution in [3.63, 3.8) is 0 Å². The smallest absolute Gasteiger partial charge is 0.332 e. The number of rotatable bonds is 8. The summed E-state index contributed by atoms with van der Waals surface area (Å²) in [6.45, 7) is 1.75. The Kier molecular flexibility index (Phi) is 7.46. The number of hydrogen-bond donors (Lipinski definition) is 5. The highest BCUT2D eigenvalue weighted by Gasteiger charge is 2.34. The van der Waals surface area contributed by atoms with Crippen LogP contribution in [0.15, 0.2) is 57.7 Å². The molecule has 0 radical (unpaired) electrons. The summed E-state index contributed by atoms with van der Waals surface area (Å²) in [5.74, 6) is -0.719. The summed E-state index contributed by atoms with van der Waals surface area (Å²) in [4.78, 5) is 30.1. The Hall–Kier alpha value is -4.03. The minimum Gasteiger partial charge on any atom is -0.481 e. The van der Waals surface area contributed by atoms with Crippen molar-refractivity contribution in [3.8, 4) is 17.1 Å². The van der Waals surface area contributed by atoms with Crippen LogP contribution in [-0.4, -0.2) is 58.8 Å². The molecule has 12 heteroatoms. The molecule has 0 aliphatic carbocycles. The number of methoxy groups -OCH3 is 1. The number of aliphatic carboxylic acids is 1. The van der Waals surface area contributed by atoms with Crippen LogP contribution in [0.4, 0.5) is 4.39 Å². The third-order valence-corrected chi connectivity index (χ3v) is 5.86. The van der Waals surface area contributed by atoms with Gasteiger partial charge in [0.05, 0.1) is 31.5 Å². The van der Waals surface area contributed by atoms with Crippen LogP contribution >= 0.6 is 0 Å². The quantitative estimate of drug-likeness (QED) is 0.269. The lowest BCUT2D eigenvalue weighted by Crippen LogP contribution is -2.44. The summed E-state index contributed by atoms with van der Waals surface area (Å²) in [6.07, 6.45) is -1.20. The number of pyridine rings is 1. The minimum atomic E-state index is -1.54. The second kappa shape index (κ2) is 10.7. The number of aliphatic hydroxyl groups excluding tert-OH is 1. The molecule has 0 saturated heterocycles. The zero-order chi connectivity index (χ0) is 25.8. The Morgan fingerprint density at radius 3 is 2.86 bits per heavy atom. The summed E-state index contributed by atoms with van der Waals surface area (Å²) in [7, 11) is 1.51. The lowest BCUT2D eigenvalue weighted by atomic mass is 9.87. The van der Waals surface area contributed by atoms with E-state index in [4.69, 9.17) is 25.4 Å². The summed E-state index contributed by atoms with van der Waals surface area (Å²) >= 11 is 0. The highest BCUT2D eigenvalue weighted by molar-refractivity contribution is 6.02. The van der Waals surface area contributed by atoms with Crippen molar-refractivity contribution in [2.45, 2.75) is 38.0 Å². The number of carbonyl (C=O) groups is 1. The summed E-state index contributed by atoms with van der Waals surface area (Å²) in [5, 5.41) is 21.3. The second-order valence-corrected chi connectivity index (χ2v) is 8.31. The van der Waals surface area contributed by atoms with Crippen molar-refractivity contribution in [1.82, 2.24) is 15.8 Å². The van der Waals surface area contributed by atoms with Crippen LogP contribution in [0.3, 0.4) is 0 Å². The van der Waals surface area contributed by atoms with Gasteiger partial charge in [0, 0.05) is 35.7 Å². The molecular formula is C24H27FN6O5. The molecule has 4 rings (SSSR count). The number of benzene rings is 1. The Bertz CT molecular complexity index is 1250. The number of ether oxygens (including phenoxy) is 1. The lowest BCUT2D eigenvalue weighted by molar-refractivity contribution is -0.147. The van der Waals surface area contributed by atoms with E-state index < -0.39 is 23.9 Å². The fourth-order valence-corrected chi connectivity index (χ4v) is 4.18. The van der Waals surface area contributed by atoms with Gasteiger partial charge in [0.1, 0.15) is 5.82 Å². The van der Waals surface area contributed by atoms with Gasteiger partial charge in [0.15, 0.2) is 17.9 Å². The third-order valence-electron chi connectivity index (χ3n) is 5.86. The number of carboxylic acids is 1. The van der Waals surface area contributed by atoms with Crippen LogP contribution in [0.5, 0.6) is 5.88 Å². The number of allylic oxidation sites excluding steroid dienone is 1. The second-order valence-electron chi connectivity index (χ2n) is 8.31. The molecule has 11 nitrogen and oxygen atoms in total. The first kappa shape index (κ1) is 25.1. The highest BCUT2D eigenvalue weighted by Crippen LogP contribution is 2.38. The van der Waals surface area contributed by atoms with Gasteiger partial charge in [-0.3, -0.25) is 9.83 Å². The van der Waals surface area contributed by atoms with Crippen LogP contribution < -0.4 is 21.3 Å². The largest absolute Gasteiger partial charge is 0.481 e. The number of guanidine groups is 1. The normalized spacial score (nSPS) is 20.0. The molecular weight excluding hydrogens is 471 g/mol. The number of nitrogens with zero attached hydrogens (tertiary/aromatic N) is 3. The molecule has 190 valence electrons. The summed E-state index contributed by atoms with van der Waals surface area (Å²) in [5.41, 5.74) is 12.0. The van der Waals surface area contributed by atoms with Crippen LogP contribution in [0.1, 0.15) is 31.4 Å². The first-order valence-electron chi connectivity index (χ1n) is 11.3. The molecule has 2 aromatic rings. The molecule has 1 aromatic carbocycles. The number of amidine groups is 1. The van der Waals surface area contributed by atoms with Crippen molar-refractivity contribution in [3.05, 3.63) is 59.0 Å². The Morgan fingerprint density at radius 2 is 2.11 bits per heavy atom. The first-order valence-corrected chi connectivity index (χ1v) is 11.3. The molecule has 2 aliphatic rings. The number of aromatic nitrogens is 1. The topological polar surface area (TPSA) is 164 Å². The van der Waals surface area contributed by atoms with E-state index in [1.807, 2.05) is 6.92 Å². The molecule has 0 amide bonds. The van der Waals surface area contributed by atoms with Crippen LogP contribution in [0.2, 0.25) is 0 Å². The molecule has 36 heavy (non-hydrogen) atoms. The SMILES string of the molecule is COc1cccc(-c2cc(F)ccc2C2CC3N=C(N)NC(C)=C3C(NOCC[C@H](O)C(=O)O)=N2)n1. The van der Waals surface area contributed by atoms with Crippen LogP contribution in [-0.2, 0) is 9.63 Å². The molecule has 6 N–H and O–H groups in total. The monoisotopic (exact) mass is 498 g/mol. The standard InChI is InChI=1S/C24H27FN6O5/c1-12-21-18(30-24(26)27-12)11-17(29-22(21)31-36-9-8-19(32)23(33)34)14-7-6-13(25)10-15(14)16-4-3-5-20(28-16)35-2/h3-7,10,17-19,32H,8-9,11H2,1-2H3,(H,29,31)(H,33,34)(H3,26,27,30)/t17?,18?,19-/m0/s1. The fraction of sp³-hybridized carbons (Fsp3) is 0.333. The average Bonchev–Trinajstić information content (AvgIpc) is 2.85. The van der Waals surface area contributed by atoms with Gasteiger partial charge < -0.3 is 26.0 Å². The van der Waals surface area contributed by atoms with Gasteiger partial charge in [-0.2, -0.15) is 0 Å². The van der Waals surface area contributed by atoms with Crippen molar-refractivity contribution in [2.24, 2.45) is 15.7 Å². The average molecular weight is 499 g/mol. The molecule has 3 heterocycles. The van der Waals surface area contributed by atoms with Crippen molar-refractivity contribution in [1.29, 1.82) is 0 Å². The number of nitrogens with one attached hydrogen (secondary N) is 2. The molecule has 1 aromatic heterocycles. The van der Waals surface area contributed by atoms with Gasteiger partial charge >= 0.3 is 5.97 Å². The van der Waals surface area contributed by atoms with E-state index >= 15 is 0 Å². The third kappa shape index (κ3) is 5.44. The number of halogens is 1. The summed E-state index contributed by atoms with van der Waals surface area (Å²) in [6, 6.07) is 8.85. The van der Waals surface area contributed by atoms with E-state index in [9.17, 15) is 14.3 Å². The molecule has 0 spiro atoms. The van der Waals surface area contributed by atoms with E-state index in [1.165, 1.54) is 19.2 Å². The van der Waals surface area contributed by atoms with Crippen LogP contribution in [0.25, 0.3) is 11.3 Å². The highest BCUT2D eigenvalue weighted by atomic mass is 19.1. The van der Waals surface area contributed by atoms with Gasteiger partial charge in [-0.1, -0.05) is 12.1 Å². The van der Waals surface area contributed by atoms with E-state index in [0.29, 0.717) is 29.4 Å². The maximum atomic E-state index is 14.3. The predicted molar refractivity (Wildman–Crippen MR) is 130 cm³/mol. The minimum absolute atomic E-state index is 0.0808. The van der Waals surface area contributed by atoms with Gasteiger partial charge in [0.25, 0.3) is 0 Å². The van der Waals surface area contributed by atoms with E-state index in [2.05, 4.69) is 20.8 Å². The fourth-order valence-electron chi connectivity index (χ4n) is 4.18. The number of aliphatic hydroxyl groups is 1. The Balaban J connectivity index is 1.69. The molecule has 2 aliphatic heterocycles.